The molecule has 0 bridgehead atoms. The van der Waals surface area contributed by atoms with Crippen molar-refractivity contribution in [2.24, 2.45) is 0 Å². The summed E-state index contributed by atoms with van der Waals surface area (Å²) in [6.07, 6.45) is 0. The van der Waals surface area contributed by atoms with E-state index in [0.29, 0.717) is 18.2 Å². The zero-order chi connectivity index (χ0) is 11.8. The second-order valence-electron chi connectivity index (χ2n) is 4.69. The molecule has 1 aromatic rings. The van der Waals surface area contributed by atoms with Crippen LogP contribution in [0.1, 0.15) is 13.8 Å². The normalized spacial score (nSPS) is 15.6. The summed E-state index contributed by atoms with van der Waals surface area (Å²) < 4.78 is 5.54. The summed E-state index contributed by atoms with van der Waals surface area (Å²) in [6.45, 7) is 5.59. The molecule has 0 aliphatic carbocycles. The van der Waals surface area contributed by atoms with Gasteiger partial charge in [-0.2, -0.15) is 0 Å². The maximum absolute atomic E-state index is 9.85. The van der Waals surface area contributed by atoms with Gasteiger partial charge in [0, 0.05) is 11.6 Å². The zero-order valence-corrected chi connectivity index (χ0v) is 10.3. The lowest BCUT2D eigenvalue weighted by Crippen LogP contribution is -2.42. The largest absolute Gasteiger partial charge is 0.490 e. The van der Waals surface area contributed by atoms with Crippen LogP contribution in [0.25, 0.3) is 0 Å². The van der Waals surface area contributed by atoms with E-state index < -0.39 is 5.60 Å². The van der Waals surface area contributed by atoms with Gasteiger partial charge < -0.3 is 14.7 Å². The Hall–Kier alpha value is -0.930. The van der Waals surface area contributed by atoms with Crippen LogP contribution in [0, 0.1) is 0 Å². The van der Waals surface area contributed by atoms with Crippen molar-refractivity contribution >= 4 is 17.3 Å². The van der Waals surface area contributed by atoms with Gasteiger partial charge in [-0.15, -0.1) is 0 Å². The van der Waals surface area contributed by atoms with Gasteiger partial charge in [-0.3, -0.25) is 0 Å². The molecule has 0 saturated heterocycles. The highest BCUT2D eigenvalue weighted by molar-refractivity contribution is 6.30. The summed E-state index contributed by atoms with van der Waals surface area (Å²) in [5, 5.41) is 10.5. The summed E-state index contributed by atoms with van der Waals surface area (Å²) in [6, 6.07) is 5.56. The van der Waals surface area contributed by atoms with Crippen molar-refractivity contribution in [3.63, 3.8) is 0 Å². The number of hydrogen-bond donors (Lipinski definition) is 1. The average Bonchev–Trinajstić information content (AvgIpc) is 2.17. The van der Waals surface area contributed by atoms with E-state index in [0.717, 1.165) is 18.0 Å². The molecule has 1 N–H and O–H groups in total. The van der Waals surface area contributed by atoms with Gasteiger partial charge in [-0.25, -0.2) is 0 Å². The lowest BCUT2D eigenvalue weighted by molar-refractivity contribution is 0.0855. The molecule has 4 heteroatoms. The molecular formula is C12H16ClNO2. The molecule has 0 saturated carbocycles. The van der Waals surface area contributed by atoms with E-state index in [-0.39, 0.29) is 0 Å². The first-order chi connectivity index (χ1) is 7.46. The van der Waals surface area contributed by atoms with E-state index in [1.54, 1.807) is 13.8 Å². The van der Waals surface area contributed by atoms with Crippen LogP contribution in [0.3, 0.4) is 0 Å². The molecule has 1 heterocycles. The zero-order valence-electron chi connectivity index (χ0n) is 9.53. The van der Waals surface area contributed by atoms with E-state index >= 15 is 0 Å². The van der Waals surface area contributed by atoms with Gasteiger partial charge in [0.25, 0.3) is 0 Å². The molecule has 0 atom stereocenters. The minimum absolute atomic E-state index is 0.573. The predicted molar refractivity (Wildman–Crippen MR) is 65.5 cm³/mol. The highest BCUT2D eigenvalue weighted by atomic mass is 35.5. The fourth-order valence-corrected chi connectivity index (χ4v) is 2.04. The first-order valence-corrected chi connectivity index (χ1v) is 5.73. The molecule has 0 amide bonds. The Labute approximate surface area is 101 Å². The number of β-amino-alcohol motifs (C(OH)–C–C–N with tert-alkyl or cyclic N) is 1. The van der Waals surface area contributed by atoms with Gasteiger partial charge in [0.15, 0.2) is 0 Å². The molecule has 1 aliphatic heterocycles. The van der Waals surface area contributed by atoms with Crippen molar-refractivity contribution < 1.29 is 9.84 Å². The maximum Gasteiger partial charge on any atom is 0.142 e. The number of benzene rings is 1. The molecule has 0 unspecified atom stereocenters. The van der Waals surface area contributed by atoms with Crippen molar-refractivity contribution in [2.75, 3.05) is 24.6 Å². The Bertz CT molecular complexity index is 387. The van der Waals surface area contributed by atoms with Crippen LogP contribution in [-0.2, 0) is 0 Å². The first kappa shape index (κ1) is 11.6. The van der Waals surface area contributed by atoms with Crippen molar-refractivity contribution in [1.29, 1.82) is 0 Å². The van der Waals surface area contributed by atoms with E-state index in [1.807, 2.05) is 18.2 Å². The van der Waals surface area contributed by atoms with Crippen LogP contribution in [-0.4, -0.2) is 30.4 Å². The Morgan fingerprint density at radius 2 is 2.25 bits per heavy atom. The summed E-state index contributed by atoms with van der Waals surface area (Å²) in [4.78, 5) is 2.10. The summed E-state index contributed by atoms with van der Waals surface area (Å²) >= 11 is 5.97. The van der Waals surface area contributed by atoms with Gasteiger partial charge in [0.05, 0.1) is 17.8 Å². The Morgan fingerprint density at radius 1 is 1.50 bits per heavy atom. The van der Waals surface area contributed by atoms with Crippen LogP contribution in [0.5, 0.6) is 5.75 Å². The number of fused-ring (bicyclic) bond motifs is 1. The Balaban J connectivity index is 2.28. The van der Waals surface area contributed by atoms with Crippen LogP contribution in [0.15, 0.2) is 18.2 Å². The number of aliphatic hydroxyl groups is 1. The second kappa shape index (κ2) is 4.15. The fraction of sp³-hybridized carbons (Fsp3) is 0.500. The predicted octanol–water partition coefficient (Wildman–Crippen LogP) is 2.31. The number of nitrogens with zero attached hydrogens (tertiary/aromatic N) is 1. The summed E-state index contributed by atoms with van der Waals surface area (Å²) in [7, 11) is 0. The standard InChI is InChI=1S/C12H16ClNO2/c1-12(2,15)8-14-5-6-16-11-4-3-9(13)7-10(11)14/h3-4,7,15H,5-6,8H2,1-2H3. The highest BCUT2D eigenvalue weighted by Gasteiger charge is 2.24. The van der Waals surface area contributed by atoms with Gasteiger partial charge >= 0.3 is 0 Å². The molecule has 0 spiro atoms. The van der Waals surface area contributed by atoms with Crippen LogP contribution in [0.2, 0.25) is 5.02 Å². The second-order valence-corrected chi connectivity index (χ2v) is 5.13. The first-order valence-electron chi connectivity index (χ1n) is 5.35. The van der Waals surface area contributed by atoms with E-state index in [9.17, 15) is 5.11 Å². The monoisotopic (exact) mass is 241 g/mol. The molecule has 0 fully saturated rings. The van der Waals surface area contributed by atoms with Gasteiger partial charge in [-0.1, -0.05) is 11.6 Å². The van der Waals surface area contributed by atoms with Crippen molar-refractivity contribution in [1.82, 2.24) is 0 Å². The third kappa shape index (κ3) is 2.60. The van der Waals surface area contributed by atoms with Crippen LogP contribution >= 0.6 is 11.6 Å². The van der Waals surface area contributed by atoms with Gasteiger partial charge in [0.1, 0.15) is 12.4 Å². The molecule has 2 rings (SSSR count). The summed E-state index contributed by atoms with van der Waals surface area (Å²) in [5.41, 5.74) is 0.234. The molecule has 1 aromatic carbocycles. The third-order valence-electron chi connectivity index (χ3n) is 2.46. The van der Waals surface area contributed by atoms with E-state index in [1.165, 1.54) is 0 Å². The van der Waals surface area contributed by atoms with Crippen LogP contribution < -0.4 is 9.64 Å². The molecule has 88 valence electrons. The van der Waals surface area contributed by atoms with E-state index in [4.69, 9.17) is 16.3 Å². The summed E-state index contributed by atoms with van der Waals surface area (Å²) in [5.74, 6) is 0.833. The smallest absolute Gasteiger partial charge is 0.142 e. The molecule has 0 aromatic heterocycles. The maximum atomic E-state index is 9.85. The lowest BCUT2D eigenvalue weighted by atomic mass is 10.1. The van der Waals surface area contributed by atoms with Gasteiger partial charge in [-0.05, 0) is 32.0 Å². The Kier molecular flexibility index (Phi) is 3.00. The number of ether oxygens (including phenoxy) is 1. The topological polar surface area (TPSA) is 32.7 Å². The lowest BCUT2D eigenvalue weighted by Gasteiger charge is -2.35. The van der Waals surface area contributed by atoms with E-state index in [2.05, 4.69) is 4.90 Å². The number of anilines is 1. The molecule has 0 radical (unpaired) electrons. The number of halogens is 1. The van der Waals surface area contributed by atoms with Gasteiger partial charge in [0.2, 0.25) is 0 Å². The molecule has 16 heavy (non-hydrogen) atoms. The molecular weight excluding hydrogens is 226 g/mol. The molecule has 3 nitrogen and oxygen atoms in total. The van der Waals surface area contributed by atoms with Crippen molar-refractivity contribution in [3.8, 4) is 5.75 Å². The third-order valence-corrected chi connectivity index (χ3v) is 2.69. The Morgan fingerprint density at radius 3 is 2.94 bits per heavy atom. The van der Waals surface area contributed by atoms with Crippen molar-refractivity contribution in [2.45, 2.75) is 19.4 Å². The molecule has 1 aliphatic rings. The average molecular weight is 242 g/mol. The highest BCUT2D eigenvalue weighted by Crippen LogP contribution is 2.34. The minimum Gasteiger partial charge on any atom is -0.490 e. The number of rotatable bonds is 2. The SMILES string of the molecule is CC(C)(O)CN1CCOc2ccc(Cl)cc21. The number of hydrogen-bond acceptors (Lipinski definition) is 3. The fourth-order valence-electron chi connectivity index (χ4n) is 1.88. The minimum atomic E-state index is -0.725. The van der Waals surface area contributed by atoms with Crippen LogP contribution in [0.4, 0.5) is 5.69 Å². The quantitative estimate of drug-likeness (QED) is 0.863. The van der Waals surface area contributed by atoms with Crippen molar-refractivity contribution in [3.05, 3.63) is 23.2 Å².